The zero-order valence-electron chi connectivity index (χ0n) is 9.27. The minimum Gasteiger partial charge on any atom is -0.392 e. The second kappa shape index (κ2) is 6.60. The fraction of sp³-hybridized carbons (Fsp3) is 0.889. The molecule has 90 valence electrons. The summed E-state index contributed by atoms with van der Waals surface area (Å²) in [6.07, 6.45) is -0.0660. The zero-order chi connectivity index (χ0) is 12.0. The fourth-order valence-corrected chi connectivity index (χ4v) is 1.25. The van der Waals surface area contributed by atoms with Gasteiger partial charge in [-0.15, -0.1) is 0 Å². The van der Waals surface area contributed by atoms with E-state index >= 15 is 0 Å². The lowest BCUT2D eigenvalue weighted by Crippen LogP contribution is -2.46. The molecule has 0 aliphatic rings. The number of hydrogen-bond acceptors (Lipinski definition) is 4. The lowest BCUT2D eigenvalue weighted by atomic mass is 10.0. The molecule has 0 bridgehead atoms. The number of guanidine groups is 1. The molecule has 6 heteroatoms. The smallest absolute Gasteiger partial charge is 0.186 e. The van der Waals surface area contributed by atoms with Gasteiger partial charge in [0.2, 0.25) is 0 Å². The van der Waals surface area contributed by atoms with Gasteiger partial charge in [-0.3, -0.25) is 5.41 Å². The lowest BCUT2D eigenvalue weighted by molar-refractivity contribution is 0.131. The average molecular weight is 218 g/mol. The molecule has 6 nitrogen and oxygen atoms in total. The van der Waals surface area contributed by atoms with Crippen LogP contribution in [0.1, 0.15) is 26.7 Å². The number of aliphatic hydroxyl groups excluding tert-OH is 2. The second-order valence-electron chi connectivity index (χ2n) is 3.89. The van der Waals surface area contributed by atoms with Gasteiger partial charge in [0.05, 0.1) is 18.2 Å². The fourth-order valence-electron chi connectivity index (χ4n) is 1.25. The molecule has 0 aromatic carbocycles. The SMILES string of the molecule is CC(O)C(N)CCC(NC(=N)N)C(C)O. The summed E-state index contributed by atoms with van der Waals surface area (Å²) in [4.78, 5) is 0. The number of nitrogens with one attached hydrogen (secondary N) is 2. The van der Waals surface area contributed by atoms with Crippen molar-refractivity contribution in [3.05, 3.63) is 0 Å². The maximum atomic E-state index is 9.39. The van der Waals surface area contributed by atoms with E-state index in [1.54, 1.807) is 13.8 Å². The van der Waals surface area contributed by atoms with Gasteiger partial charge in [0, 0.05) is 6.04 Å². The Hall–Kier alpha value is -0.850. The molecule has 15 heavy (non-hydrogen) atoms. The van der Waals surface area contributed by atoms with E-state index in [1.807, 2.05) is 0 Å². The third kappa shape index (κ3) is 6.27. The Kier molecular flexibility index (Phi) is 6.23. The van der Waals surface area contributed by atoms with Crippen LogP contribution in [0.15, 0.2) is 0 Å². The van der Waals surface area contributed by atoms with Crippen molar-refractivity contribution >= 4 is 5.96 Å². The first-order valence-corrected chi connectivity index (χ1v) is 5.06. The van der Waals surface area contributed by atoms with Gasteiger partial charge in [0.1, 0.15) is 0 Å². The number of hydrogen-bond donors (Lipinski definition) is 6. The normalized spacial score (nSPS) is 19.0. The molecule has 0 aliphatic carbocycles. The summed E-state index contributed by atoms with van der Waals surface area (Å²) in [5.74, 6) is -0.175. The summed E-state index contributed by atoms with van der Waals surface area (Å²) in [5.41, 5.74) is 10.8. The molecule has 0 radical (unpaired) electrons. The van der Waals surface area contributed by atoms with Crippen molar-refractivity contribution in [2.45, 2.75) is 51.0 Å². The van der Waals surface area contributed by atoms with Crippen LogP contribution in [0, 0.1) is 5.41 Å². The van der Waals surface area contributed by atoms with E-state index in [2.05, 4.69) is 5.32 Å². The summed E-state index contributed by atoms with van der Waals surface area (Å²) in [6.45, 7) is 3.24. The Balaban J connectivity index is 4.01. The Morgan fingerprint density at radius 2 is 1.80 bits per heavy atom. The highest BCUT2D eigenvalue weighted by Gasteiger charge is 2.18. The number of rotatable bonds is 6. The summed E-state index contributed by atoms with van der Waals surface area (Å²) in [7, 11) is 0. The van der Waals surface area contributed by atoms with Crippen LogP contribution in [0.4, 0.5) is 0 Å². The highest BCUT2D eigenvalue weighted by molar-refractivity contribution is 5.74. The first kappa shape index (κ1) is 14.2. The van der Waals surface area contributed by atoms with Crippen LogP contribution in [-0.4, -0.2) is 40.5 Å². The predicted octanol–water partition coefficient (Wildman–Crippen LogP) is -1.29. The van der Waals surface area contributed by atoms with E-state index in [-0.39, 0.29) is 18.0 Å². The summed E-state index contributed by atoms with van der Waals surface area (Å²) >= 11 is 0. The van der Waals surface area contributed by atoms with Gasteiger partial charge in [-0.05, 0) is 26.7 Å². The van der Waals surface area contributed by atoms with Gasteiger partial charge in [0.15, 0.2) is 5.96 Å². The van der Waals surface area contributed by atoms with E-state index < -0.39 is 12.2 Å². The monoisotopic (exact) mass is 218 g/mol. The molecule has 0 saturated heterocycles. The van der Waals surface area contributed by atoms with Crippen molar-refractivity contribution in [1.29, 1.82) is 5.41 Å². The molecule has 0 saturated carbocycles. The molecule has 0 amide bonds. The molecule has 0 aliphatic heterocycles. The van der Waals surface area contributed by atoms with E-state index in [4.69, 9.17) is 16.9 Å². The van der Waals surface area contributed by atoms with Crippen molar-refractivity contribution in [3.8, 4) is 0 Å². The third-order valence-electron chi connectivity index (χ3n) is 2.35. The minimum atomic E-state index is -0.616. The van der Waals surface area contributed by atoms with Crippen LogP contribution in [0.2, 0.25) is 0 Å². The van der Waals surface area contributed by atoms with Gasteiger partial charge in [0.25, 0.3) is 0 Å². The molecule has 8 N–H and O–H groups in total. The van der Waals surface area contributed by atoms with Crippen molar-refractivity contribution in [2.24, 2.45) is 11.5 Å². The van der Waals surface area contributed by atoms with Crippen molar-refractivity contribution in [2.75, 3.05) is 0 Å². The predicted molar refractivity (Wildman–Crippen MR) is 59.4 cm³/mol. The number of aliphatic hydroxyl groups is 2. The average Bonchev–Trinajstić information content (AvgIpc) is 2.10. The minimum absolute atomic E-state index is 0.175. The Morgan fingerprint density at radius 1 is 1.27 bits per heavy atom. The third-order valence-corrected chi connectivity index (χ3v) is 2.35. The van der Waals surface area contributed by atoms with Gasteiger partial charge in [-0.25, -0.2) is 0 Å². The Morgan fingerprint density at radius 3 is 2.13 bits per heavy atom. The summed E-state index contributed by atoms with van der Waals surface area (Å²) < 4.78 is 0. The summed E-state index contributed by atoms with van der Waals surface area (Å²) in [5, 5.41) is 28.3. The molecular weight excluding hydrogens is 196 g/mol. The van der Waals surface area contributed by atoms with Crippen LogP contribution >= 0.6 is 0 Å². The van der Waals surface area contributed by atoms with E-state index in [1.165, 1.54) is 0 Å². The van der Waals surface area contributed by atoms with E-state index in [0.29, 0.717) is 12.8 Å². The molecule has 0 rings (SSSR count). The van der Waals surface area contributed by atoms with Crippen LogP contribution in [0.5, 0.6) is 0 Å². The van der Waals surface area contributed by atoms with E-state index in [0.717, 1.165) is 0 Å². The van der Waals surface area contributed by atoms with Crippen LogP contribution < -0.4 is 16.8 Å². The van der Waals surface area contributed by atoms with Gasteiger partial charge in [-0.1, -0.05) is 0 Å². The van der Waals surface area contributed by atoms with Crippen molar-refractivity contribution < 1.29 is 10.2 Å². The molecule has 0 aromatic rings. The Labute approximate surface area is 90.2 Å². The van der Waals surface area contributed by atoms with Crippen LogP contribution in [0.3, 0.4) is 0 Å². The maximum Gasteiger partial charge on any atom is 0.186 e. The molecule has 0 fully saturated rings. The Bertz CT molecular complexity index is 197. The molecule has 0 aromatic heterocycles. The maximum absolute atomic E-state index is 9.39. The molecule has 4 unspecified atom stereocenters. The molecule has 4 atom stereocenters. The van der Waals surface area contributed by atoms with Gasteiger partial charge >= 0.3 is 0 Å². The van der Waals surface area contributed by atoms with Gasteiger partial charge < -0.3 is 27.0 Å². The lowest BCUT2D eigenvalue weighted by Gasteiger charge is -2.23. The van der Waals surface area contributed by atoms with Gasteiger partial charge in [-0.2, -0.15) is 0 Å². The topological polar surface area (TPSA) is 128 Å². The highest BCUT2D eigenvalue weighted by atomic mass is 16.3. The molecule has 0 heterocycles. The largest absolute Gasteiger partial charge is 0.392 e. The number of nitrogens with two attached hydrogens (primary N) is 2. The second-order valence-corrected chi connectivity index (χ2v) is 3.89. The van der Waals surface area contributed by atoms with Crippen molar-refractivity contribution in [1.82, 2.24) is 5.32 Å². The summed E-state index contributed by atoms with van der Waals surface area (Å²) in [6, 6.07) is -0.618. The van der Waals surface area contributed by atoms with Crippen LogP contribution in [0.25, 0.3) is 0 Å². The standard InChI is InChI=1S/C9H22N4O2/c1-5(14)7(10)3-4-8(6(2)15)13-9(11)12/h5-8,14-15H,3-4,10H2,1-2H3,(H4,11,12,13). The van der Waals surface area contributed by atoms with Crippen molar-refractivity contribution in [3.63, 3.8) is 0 Å². The zero-order valence-corrected chi connectivity index (χ0v) is 9.27. The first-order valence-electron chi connectivity index (χ1n) is 5.06. The first-order chi connectivity index (χ1) is 6.84. The molecule has 0 spiro atoms. The van der Waals surface area contributed by atoms with Crippen LogP contribution in [-0.2, 0) is 0 Å². The van der Waals surface area contributed by atoms with E-state index in [9.17, 15) is 10.2 Å². The molecular formula is C9H22N4O2. The highest BCUT2D eigenvalue weighted by Crippen LogP contribution is 2.06. The quantitative estimate of drug-likeness (QED) is 0.244.